The zero-order valence-electron chi connectivity index (χ0n) is 25.6. The van der Waals surface area contributed by atoms with Gasteiger partial charge >= 0.3 is 0 Å². The van der Waals surface area contributed by atoms with Gasteiger partial charge in [0.25, 0.3) is 10.1 Å². The fourth-order valence-corrected chi connectivity index (χ4v) is 5.42. The van der Waals surface area contributed by atoms with Gasteiger partial charge in [-0.1, -0.05) is 128 Å². The summed E-state index contributed by atoms with van der Waals surface area (Å²) in [5, 5.41) is 23.1. The number of allylic oxidation sites excluding steroid dienone is 3. The van der Waals surface area contributed by atoms with Crippen LogP contribution in [-0.4, -0.2) is 53.1 Å². The maximum Gasteiger partial charge on any atom is 0.267 e. The van der Waals surface area contributed by atoms with Gasteiger partial charge < -0.3 is 15.5 Å². The lowest BCUT2D eigenvalue weighted by Crippen LogP contribution is -2.50. The second-order valence-electron chi connectivity index (χ2n) is 11.2. The van der Waals surface area contributed by atoms with E-state index < -0.39 is 40.0 Å². The lowest BCUT2D eigenvalue weighted by Gasteiger charge is -2.22. The van der Waals surface area contributed by atoms with E-state index in [-0.39, 0.29) is 6.42 Å². The first kappa shape index (κ1) is 38.8. The first-order chi connectivity index (χ1) is 19.2. The number of carbonyl (C=O) groups is 1. The molecule has 0 aromatic heterocycles. The fraction of sp³-hybridized carbons (Fsp3) is 0.844. The molecule has 1 amide bonds. The Labute approximate surface area is 246 Å². The molecule has 0 spiro atoms. The molecule has 4 N–H and O–H groups in total. The van der Waals surface area contributed by atoms with Crippen molar-refractivity contribution in [2.75, 3.05) is 5.75 Å². The van der Waals surface area contributed by atoms with Crippen LogP contribution in [0.4, 0.5) is 0 Å². The van der Waals surface area contributed by atoms with Crippen LogP contribution < -0.4 is 5.32 Å². The number of hydrogen-bond donors (Lipinski definition) is 4. The average molecular weight is 588 g/mol. The van der Waals surface area contributed by atoms with Crippen molar-refractivity contribution in [3.8, 4) is 0 Å². The Morgan fingerprint density at radius 2 is 1.10 bits per heavy atom. The number of unbranched alkanes of at least 4 members (excludes halogenated alkanes) is 17. The summed E-state index contributed by atoms with van der Waals surface area (Å²) in [5.74, 6) is -1.56. The molecule has 236 valence electrons. The predicted molar refractivity (Wildman–Crippen MR) is 167 cm³/mol. The molecule has 8 heteroatoms. The van der Waals surface area contributed by atoms with Crippen LogP contribution >= 0.6 is 0 Å². The van der Waals surface area contributed by atoms with Crippen LogP contribution in [0.25, 0.3) is 0 Å². The Kier molecular flexibility index (Phi) is 25.9. The predicted octanol–water partition coefficient (Wildman–Crippen LogP) is 7.43. The molecule has 0 fully saturated rings. The Hall–Kier alpha value is -1.22. The summed E-state index contributed by atoms with van der Waals surface area (Å²) in [6, 6.07) is -1.23. The number of aliphatic hydroxyl groups is 2. The van der Waals surface area contributed by atoms with Gasteiger partial charge in [-0.25, -0.2) is 0 Å². The third-order valence-electron chi connectivity index (χ3n) is 7.23. The quantitative estimate of drug-likeness (QED) is 0.0429. The summed E-state index contributed by atoms with van der Waals surface area (Å²) in [5.41, 5.74) is 0. The van der Waals surface area contributed by atoms with E-state index in [1.165, 1.54) is 89.5 Å². The monoisotopic (exact) mass is 587 g/mol. The Balaban J connectivity index is 4.27. The highest BCUT2D eigenvalue weighted by molar-refractivity contribution is 7.85. The van der Waals surface area contributed by atoms with Gasteiger partial charge in [-0.15, -0.1) is 0 Å². The minimum atomic E-state index is -4.43. The molecule has 0 rings (SSSR count). The minimum absolute atomic E-state index is 0.250. The summed E-state index contributed by atoms with van der Waals surface area (Å²) >= 11 is 0. The maximum atomic E-state index is 12.4. The van der Waals surface area contributed by atoms with Crippen molar-refractivity contribution in [2.24, 2.45) is 0 Å². The highest BCUT2D eigenvalue weighted by atomic mass is 32.2. The summed E-state index contributed by atoms with van der Waals surface area (Å²) in [6.45, 7) is 4.43. The van der Waals surface area contributed by atoms with Crippen molar-refractivity contribution in [3.63, 3.8) is 0 Å². The molecule has 3 atom stereocenters. The zero-order valence-corrected chi connectivity index (χ0v) is 26.4. The first-order valence-corrected chi connectivity index (χ1v) is 17.8. The smallest absolute Gasteiger partial charge is 0.267 e. The summed E-state index contributed by atoms with van der Waals surface area (Å²) in [6.07, 6.45) is 28.1. The third-order valence-corrected chi connectivity index (χ3v) is 8.01. The molecule has 0 bridgehead atoms. The van der Waals surface area contributed by atoms with Crippen molar-refractivity contribution in [1.29, 1.82) is 0 Å². The van der Waals surface area contributed by atoms with E-state index in [0.29, 0.717) is 6.42 Å². The van der Waals surface area contributed by atoms with E-state index in [0.717, 1.165) is 38.5 Å². The van der Waals surface area contributed by atoms with E-state index in [1.807, 2.05) is 0 Å². The van der Waals surface area contributed by atoms with Gasteiger partial charge in [-0.05, 0) is 44.9 Å². The number of amides is 1. The largest absolute Gasteiger partial charge is 0.387 e. The molecule has 0 saturated carbocycles. The fourth-order valence-electron chi connectivity index (χ4n) is 4.68. The second kappa shape index (κ2) is 26.7. The van der Waals surface area contributed by atoms with Gasteiger partial charge in [0.05, 0.1) is 17.9 Å². The molecule has 0 aromatic carbocycles. The SMILES string of the molecule is CCCCCCCC/C=C\CCCCC(O)C(=O)NC(CS(=O)(=O)O)C(O)/C=C/CCCCCCCCCCC. The lowest BCUT2D eigenvalue weighted by molar-refractivity contribution is -0.130. The highest BCUT2D eigenvalue weighted by Gasteiger charge is 2.27. The normalized spacial score (nSPS) is 14.6. The molecular weight excluding hydrogens is 526 g/mol. The van der Waals surface area contributed by atoms with Gasteiger partial charge in [-0.2, -0.15) is 8.42 Å². The molecule has 0 heterocycles. The van der Waals surface area contributed by atoms with Crippen LogP contribution in [0.5, 0.6) is 0 Å². The molecule has 3 unspecified atom stereocenters. The van der Waals surface area contributed by atoms with Crippen molar-refractivity contribution in [1.82, 2.24) is 5.32 Å². The van der Waals surface area contributed by atoms with Crippen molar-refractivity contribution < 1.29 is 28.0 Å². The zero-order chi connectivity index (χ0) is 29.9. The Morgan fingerprint density at radius 3 is 1.57 bits per heavy atom. The molecule has 0 radical (unpaired) electrons. The molecule has 0 aromatic rings. The van der Waals surface area contributed by atoms with Crippen LogP contribution in [-0.2, 0) is 14.9 Å². The van der Waals surface area contributed by atoms with Crippen LogP contribution in [0.2, 0.25) is 0 Å². The second-order valence-corrected chi connectivity index (χ2v) is 12.7. The maximum absolute atomic E-state index is 12.4. The average Bonchev–Trinajstić information content (AvgIpc) is 2.90. The lowest BCUT2D eigenvalue weighted by atomic mass is 10.1. The van der Waals surface area contributed by atoms with Crippen molar-refractivity contribution in [3.05, 3.63) is 24.3 Å². The summed E-state index contributed by atoms with van der Waals surface area (Å²) < 4.78 is 32.2. The number of aliphatic hydroxyl groups excluding tert-OH is 2. The minimum Gasteiger partial charge on any atom is -0.387 e. The topological polar surface area (TPSA) is 124 Å². The molecular formula is C32H61NO6S. The molecule has 7 nitrogen and oxygen atoms in total. The third kappa shape index (κ3) is 25.7. The van der Waals surface area contributed by atoms with Crippen molar-refractivity contribution in [2.45, 2.75) is 167 Å². The molecule has 0 aliphatic heterocycles. The van der Waals surface area contributed by atoms with Crippen LogP contribution in [0.3, 0.4) is 0 Å². The van der Waals surface area contributed by atoms with Gasteiger partial charge in [0.2, 0.25) is 5.91 Å². The molecule has 40 heavy (non-hydrogen) atoms. The highest BCUT2D eigenvalue weighted by Crippen LogP contribution is 2.12. The summed E-state index contributed by atoms with van der Waals surface area (Å²) in [4.78, 5) is 12.4. The molecule has 0 saturated heterocycles. The number of rotatable bonds is 28. The van der Waals surface area contributed by atoms with Crippen molar-refractivity contribution >= 4 is 16.0 Å². The Morgan fingerprint density at radius 1 is 0.675 bits per heavy atom. The standard InChI is InChI=1S/C32H61NO6S/c1-3-5-7-9-11-13-15-17-19-21-23-25-27-31(35)32(36)33-29(28-40(37,38)39)30(34)26-24-22-20-18-16-14-12-10-8-6-4-2/h17,19,24,26,29-31,34-35H,3-16,18,20-23,25,27-28H2,1-2H3,(H,33,36)(H,37,38,39)/b19-17-,26-24+. The van der Waals surface area contributed by atoms with E-state index >= 15 is 0 Å². The van der Waals surface area contributed by atoms with Gasteiger partial charge in [0, 0.05) is 0 Å². The van der Waals surface area contributed by atoms with Crippen LogP contribution in [0.15, 0.2) is 24.3 Å². The van der Waals surface area contributed by atoms with E-state index in [9.17, 15) is 28.0 Å². The van der Waals surface area contributed by atoms with E-state index in [4.69, 9.17) is 0 Å². The van der Waals surface area contributed by atoms with E-state index in [1.54, 1.807) is 6.08 Å². The summed E-state index contributed by atoms with van der Waals surface area (Å²) in [7, 11) is -4.43. The molecule has 0 aliphatic rings. The van der Waals surface area contributed by atoms with Crippen LogP contribution in [0, 0.1) is 0 Å². The number of carbonyl (C=O) groups excluding carboxylic acids is 1. The van der Waals surface area contributed by atoms with E-state index in [2.05, 4.69) is 31.3 Å². The Bertz CT molecular complexity index is 753. The van der Waals surface area contributed by atoms with Gasteiger partial charge in [0.1, 0.15) is 6.10 Å². The number of nitrogens with one attached hydrogen (secondary N) is 1. The van der Waals surface area contributed by atoms with Crippen LogP contribution in [0.1, 0.15) is 149 Å². The molecule has 0 aliphatic carbocycles. The van der Waals surface area contributed by atoms with Gasteiger partial charge in [-0.3, -0.25) is 9.35 Å². The number of hydrogen-bond acceptors (Lipinski definition) is 5. The van der Waals surface area contributed by atoms with Gasteiger partial charge in [0.15, 0.2) is 0 Å². The first-order valence-electron chi connectivity index (χ1n) is 16.1.